The summed E-state index contributed by atoms with van der Waals surface area (Å²) in [4.78, 5) is 0. The molecule has 0 aromatic rings. The van der Waals surface area contributed by atoms with Crippen LogP contribution in [0, 0.1) is 17.3 Å². The van der Waals surface area contributed by atoms with Crippen molar-refractivity contribution in [2.75, 3.05) is 7.05 Å². The lowest BCUT2D eigenvalue weighted by atomic mass is 9.72. The van der Waals surface area contributed by atoms with E-state index in [-0.39, 0.29) is 0 Å². The number of nitrogens with one attached hydrogen (secondary N) is 1. The maximum atomic E-state index is 4.08. The fourth-order valence-corrected chi connectivity index (χ4v) is 4.01. The van der Waals surface area contributed by atoms with Crippen LogP contribution in [0.2, 0.25) is 0 Å². The quantitative estimate of drug-likeness (QED) is 0.204. The molecule has 0 aliphatic carbocycles. The zero-order chi connectivity index (χ0) is 19.8. The summed E-state index contributed by atoms with van der Waals surface area (Å²) in [6.07, 6.45) is 20.9. The van der Waals surface area contributed by atoms with Crippen molar-refractivity contribution >= 4 is 0 Å². The summed E-state index contributed by atoms with van der Waals surface area (Å²) >= 11 is 0. The van der Waals surface area contributed by atoms with Gasteiger partial charge in [-0.1, -0.05) is 104 Å². The van der Waals surface area contributed by atoms with Crippen molar-refractivity contribution in [2.24, 2.45) is 17.3 Å². The van der Waals surface area contributed by atoms with Gasteiger partial charge in [0.15, 0.2) is 0 Å². The highest BCUT2D eigenvalue weighted by molar-refractivity contribution is 4.99. The molecule has 1 nitrogen and oxygen atoms in total. The molecule has 0 bridgehead atoms. The maximum Gasteiger partial charge on any atom is 0.0307 e. The van der Waals surface area contributed by atoms with Gasteiger partial charge in [-0.25, -0.2) is 0 Å². The Labute approximate surface area is 166 Å². The normalized spacial score (nSPS) is 15.4. The van der Waals surface area contributed by atoms with Crippen molar-refractivity contribution < 1.29 is 0 Å². The van der Waals surface area contributed by atoms with Gasteiger partial charge < -0.3 is 5.32 Å². The van der Waals surface area contributed by atoms with Crippen LogP contribution in [0.5, 0.6) is 0 Å². The van der Waals surface area contributed by atoms with E-state index < -0.39 is 0 Å². The summed E-state index contributed by atoms with van der Waals surface area (Å²) in [6.45, 7) is 17.6. The third-order valence-electron chi connectivity index (χ3n) is 6.04. The molecule has 0 amide bonds. The topological polar surface area (TPSA) is 12.0 Å². The van der Waals surface area contributed by atoms with Gasteiger partial charge in [0.2, 0.25) is 0 Å². The van der Waals surface area contributed by atoms with E-state index in [1.165, 1.54) is 77.0 Å². The van der Waals surface area contributed by atoms with Gasteiger partial charge in [0.1, 0.15) is 0 Å². The Hall–Kier alpha value is -0.560. The van der Waals surface area contributed by atoms with E-state index in [4.69, 9.17) is 0 Å². The summed E-state index contributed by atoms with van der Waals surface area (Å²) in [5.74, 6) is 1.22. The average Bonchev–Trinajstić information content (AvgIpc) is 2.60. The van der Waals surface area contributed by atoms with Crippen LogP contribution in [-0.2, 0) is 0 Å². The van der Waals surface area contributed by atoms with Crippen molar-refractivity contribution in [3.63, 3.8) is 0 Å². The molecule has 0 aliphatic heterocycles. The highest BCUT2D eigenvalue weighted by Crippen LogP contribution is 2.36. The Morgan fingerprint density at radius 1 is 0.808 bits per heavy atom. The third kappa shape index (κ3) is 11.9. The molecule has 0 spiro atoms. The van der Waals surface area contributed by atoms with Crippen LogP contribution in [0.4, 0.5) is 0 Å². The Kier molecular flexibility index (Phi) is 15.2. The monoisotopic (exact) mass is 363 g/mol. The molecule has 0 saturated heterocycles. The van der Waals surface area contributed by atoms with Gasteiger partial charge in [-0.15, -0.1) is 13.2 Å². The first kappa shape index (κ1) is 25.4. The largest absolute Gasteiger partial charge is 0.313 e. The second kappa shape index (κ2) is 15.5. The van der Waals surface area contributed by atoms with Crippen molar-refractivity contribution in [1.82, 2.24) is 5.32 Å². The molecule has 0 rings (SSSR count). The Morgan fingerprint density at radius 3 is 1.69 bits per heavy atom. The Bertz CT molecular complexity index is 339. The molecule has 0 heterocycles. The van der Waals surface area contributed by atoms with Gasteiger partial charge in [0.25, 0.3) is 0 Å². The van der Waals surface area contributed by atoms with E-state index in [1.54, 1.807) is 0 Å². The lowest BCUT2D eigenvalue weighted by Crippen LogP contribution is -2.34. The lowest BCUT2D eigenvalue weighted by molar-refractivity contribution is 0.182. The fraction of sp³-hybridized carbons (Fsp3) is 0.840. The van der Waals surface area contributed by atoms with Gasteiger partial charge in [0.05, 0.1) is 0 Å². The molecule has 0 fully saturated rings. The van der Waals surface area contributed by atoms with Crippen LogP contribution in [0.15, 0.2) is 25.3 Å². The molecular formula is C25H49N. The maximum absolute atomic E-state index is 4.08. The van der Waals surface area contributed by atoms with E-state index in [0.29, 0.717) is 17.4 Å². The number of likely N-dealkylation sites (N-methyl/N-ethyl adjacent to an activating group) is 1. The third-order valence-corrected chi connectivity index (χ3v) is 6.04. The molecule has 1 N–H and O–H groups in total. The summed E-state index contributed by atoms with van der Waals surface area (Å²) in [5.41, 5.74) is 0.361. The van der Waals surface area contributed by atoms with E-state index in [1.807, 2.05) is 13.1 Å². The molecule has 1 heteroatoms. The summed E-state index contributed by atoms with van der Waals surface area (Å²) < 4.78 is 0. The zero-order valence-corrected chi connectivity index (χ0v) is 18.8. The van der Waals surface area contributed by atoms with Crippen LogP contribution in [-0.4, -0.2) is 13.1 Å². The molecule has 3 atom stereocenters. The van der Waals surface area contributed by atoms with Crippen molar-refractivity contribution in [3.05, 3.63) is 25.3 Å². The van der Waals surface area contributed by atoms with Crippen molar-refractivity contribution in [2.45, 2.75) is 111 Å². The van der Waals surface area contributed by atoms with Gasteiger partial charge in [-0.2, -0.15) is 0 Å². The molecular weight excluding hydrogens is 314 g/mol. The number of hydrogen-bond acceptors (Lipinski definition) is 1. The van der Waals surface area contributed by atoms with Crippen LogP contribution in [0.1, 0.15) is 105 Å². The van der Waals surface area contributed by atoms with Gasteiger partial charge >= 0.3 is 0 Å². The SMILES string of the molecule is C=CC(CC(CCCCCCCCCCCC)C(C)(C)C)C(C=C)NC. The van der Waals surface area contributed by atoms with Crippen molar-refractivity contribution in [3.8, 4) is 0 Å². The van der Waals surface area contributed by atoms with Crippen LogP contribution >= 0.6 is 0 Å². The first-order valence-electron chi connectivity index (χ1n) is 11.3. The summed E-state index contributed by atoms with van der Waals surface area (Å²) in [5, 5.41) is 3.38. The van der Waals surface area contributed by atoms with Crippen molar-refractivity contribution in [1.29, 1.82) is 0 Å². The lowest BCUT2D eigenvalue weighted by Gasteiger charge is -2.35. The van der Waals surface area contributed by atoms with Gasteiger partial charge in [0, 0.05) is 6.04 Å². The molecule has 0 aromatic heterocycles. The predicted molar refractivity (Wildman–Crippen MR) is 121 cm³/mol. The first-order valence-corrected chi connectivity index (χ1v) is 11.3. The minimum absolute atomic E-state index is 0.338. The summed E-state index contributed by atoms with van der Waals surface area (Å²) in [6, 6.07) is 0.338. The molecule has 3 unspecified atom stereocenters. The molecule has 26 heavy (non-hydrogen) atoms. The molecule has 0 aliphatic rings. The van der Waals surface area contributed by atoms with Crippen LogP contribution in [0.25, 0.3) is 0 Å². The van der Waals surface area contributed by atoms with Gasteiger partial charge in [-0.3, -0.25) is 0 Å². The smallest absolute Gasteiger partial charge is 0.0307 e. The van der Waals surface area contributed by atoms with Crippen LogP contribution < -0.4 is 5.32 Å². The Balaban J connectivity index is 4.13. The highest BCUT2D eigenvalue weighted by atomic mass is 14.9. The summed E-state index contributed by atoms with van der Waals surface area (Å²) in [7, 11) is 2.02. The number of unbranched alkanes of at least 4 members (excludes halogenated alkanes) is 9. The molecule has 154 valence electrons. The number of hydrogen-bond donors (Lipinski definition) is 1. The first-order chi connectivity index (χ1) is 12.4. The van der Waals surface area contributed by atoms with Crippen LogP contribution in [0.3, 0.4) is 0 Å². The second-order valence-electron chi connectivity index (χ2n) is 9.22. The standard InChI is InChI=1S/C25H49N/c1-8-11-12-13-14-15-16-17-18-19-20-23(25(4,5)6)21-22(9-2)24(10-3)26-7/h9-10,22-24,26H,2-3,8,11-21H2,1,4-7H3. The van der Waals surface area contributed by atoms with E-state index in [0.717, 1.165) is 5.92 Å². The predicted octanol–water partition coefficient (Wildman–Crippen LogP) is 7.93. The highest BCUT2D eigenvalue weighted by Gasteiger charge is 2.28. The Morgan fingerprint density at radius 2 is 1.31 bits per heavy atom. The fourth-order valence-electron chi connectivity index (χ4n) is 4.01. The van der Waals surface area contributed by atoms with E-state index in [9.17, 15) is 0 Å². The number of rotatable bonds is 17. The molecule has 0 aromatic carbocycles. The molecule has 0 saturated carbocycles. The minimum Gasteiger partial charge on any atom is -0.313 e. The average molecular weight is 364 g/mol. The minimum atomic E-state index is 0.338. The zero-order valence-electron chi connectivity index (χ0n) is 18.8. The van der Waals surface area contributed by atoms with Gasteiger partial charge in [-0.05, 0) is 37.1 Å². The van der Waals surface area contributed by atoms with E-state index >= 15 is 0 Å². The molecule has 0 radical (unpaired) electrons. The second-order valence-corrected chi connectivity index (χ2v) is 9.22. The van der Waals surface area contributed by atoms with E-state index in [2.05, 4.69) is 52.2 Å².